The number of carboxylic acids is 1. The molecule has 3 aromatic heterocycles. The van der Waals surface area contributed by atoms with Crippen molar-refractivity contribution in [3.8, 4) is 16.5 Å². The zero-order chi connectivity index (χ0) is 23.6. The number of thiazole rings is 1. The van der Waals surface area contributed by atoms with Crippen LogP contribution >= 0.6 is 11.3 Å². The van der Waals surface area contributed by atoms with Crippen LogP contribution in [0.4, 0.5) is 11.6 Å². The number of carbonyl (C=O) groups is 1. The zero-order valence-electron chi connectivity index (χ0n) is 18.8. The third-order valence-corrected chi connectivity index (χ3v) is 7.36. The Labute approximate surface area is 195 Å². The van der Waals surface area contributed by atoms with E-state index in [0.29, 0.717) is 42.5 Å². The minimum absolute atomic E-state index is 0.0278. The molecule has 0 amide bonds. The second-order valence-corrected chi connectivity index (χ2v) is 9.52. The fourth-order valence-corrected chi connectivity index (χ4v) is 5.22. The lowest BCUT2D eigenvalue weighted by Crippen LogP contribution is -2.35. The molecule has 0 unspecified atom stereocenters. The van der Waals surface area contributed by atoms with Gasteiger partial charge in [0.15, 0.2) is 0 Å². The van der Waals surface area contributed by atoms with Crippen LogP contribution in [0.25, 0.3) is 10.6 Å². The van der Waals surface area contributed by atoms with Crippen LogP contribution in [0.3, 0.4) is 0 Å². The van der Waals surface area contributed by atoms with Crippen molar-refractivity contribution in [1.82, 2.24) is 19.9 Å². The van der Waals surface area contributed by atoms with E-state index in [4.69, 9.17) is 4.74 Å². The van der Waals surface area contributed by atoms with Gasteiger partial charge in [-0.3, -0.25) is 9.78 Å². The molecular weight excluding hydrogens is 442 g/mol. The average Bonchev–Trinajstić information content (AvgIpc) is 3.30. The molecule has 4 rings (SSSR count). The number of nitrogens with one attached hydrogen (secondary N) is 1. The summed E-state index contributed by atoms with van der Waals surface area (Å²) in [5.74, 6) is -0.222. The Bertz CT molecular complexity index is 1140. The number of hydrogen-bond donors (Lipinski definition) is 3. The van der Waals surface area contributed by atoms with Crippen LogP contribution in [0.2, 0.25) is 0 Å². The number of aliphatic carboxylic acids is 1. The van der Waals surface area contributed by atoms with Gasteiger partial charge in [-0.05, 0) is 57.6 Å². The van der Waals surface area contributed by atoms with Crippen molar-refractivity contribution < 1.29 is 19.7 Å². The van der Waals surface area contributed by atoms with Crippen LogP contribution in [0.15, 0.2) is 30.6 Å². The van der Waals surface area contributed by atoms with Crippen LogP contribution in [0.1, 0.15) is 43.3 Å². The van der Waals surface area contributed by atoms with Gasteiger partial charge in [0.2, 0.25) is 11.8 Å². The molecule has 3 N–H and O–H groups in total. The van der Waals surface area contributed by atoms with E-state index in [1.165, 1.54) is 11.3 Å². The minimum atomic E-state index is -1.12. The van der Waals surface area contributed by atoms with Crippen molar-refractivity contribution >= 4 is 28.9 Å². The first-order valence-electron chi connectivity index (χ1n) is 10.8. The topological polar surface area (TPSA) is 130 Å². The Morgan fingerprint density at radius 3 is 2.67 bits per heavy atom. The molecule has 0 spiro atoms. The van der Waals surface area contributed by atoms with Crippen LogP contribution in [-0.2, 0) is 10.4 Å². The Morgan fingerprint density at radius 2 is 1.97 bits per heavy atom. The smallest absolute Gasteiger partial charge is 0.306 e. The molecule has 1 atom stereocenters. The number of carboxylic acid groups (broad SMARTS) is 1. The van der Waals surface area contributed by atoms with Crippen molar-refractivity contribution in [3.63, 3.8) is 0 Å². The summed E-state index contributed by atoms with van der Waals surface area (Å²) in [5.41, 5.74) is 1.20. The molecule has 0 saturated heterocycles. The first-order chi connectivity index (χ1) is 15.8. The number of methoxy groups -OCH3 is 1. The van der Waals surface area contributed by atoms with E-state index in [-0.39, 0.29) is 11.8 Å². The fourth-order valence-electron chi connectivity index (χ4n) is 4.22. The Kier molecular flexibility index (Phi) is 6.57. The van der Waals surface area contributed by atoms with E-state index in [1.54, 1.807) is 32.5 Å². The molecule has 0 radical (unpaired) electrons. The summed E-state index contributed by atoms with van der Waals surface area (Å²) in [6.45, 7) is 3.68. The largest absolute Gasteiger partial charge is 0.481 e. The summed E-state index contributed by atoms with van der Waals surface area (Å²) in [7, 11) is 1.55. The quantitative estimate of drug-likeness (QED) is 0.467. The summed E-state index contributed by atoms with van der Waals surface area (Å²) in [4.78, 5) is 29.7. The van der Waals surface area contributed by atoms with Crippen molar-refractivity contribution in [3.05, 3.63) is 41.3 Å². The molecule has 10 heteroatoms. The summed E-state index contributed by atoms with van der Waals surface area (Å²) in [5, 5.41) is 24.3. The molecule has 1 aliphatic carbocycles. The maximum Gasteiger partial charge on any atom is 0.306 e. The van der Waals surface area contributed by atoms with E-state index >= 15 is 0 Å². The number of anilines is 2. The third-order valence-electron chi connectivity index (χ3n) is 6.11. The van der Waals surface area contributed by atoms with Gasteiger partial charge in [0.25, 0.3) is 0 Å². The SMILES string of the molecule is COc1ccnc(Nc2cc(C)nc(-c3cnc([C@@](C)(O)C4CCC(C(=O)O)CC4)s3)c2)n1. The van der Waals surface area contributed by atoms with Crippen molar-refractivity contribution in [2.75, 3.05) is 12.4 Å². The van der Waals surface area contributed by atoms with Crippen LogP contribution in [0.5, 0.6) is 5.88 Å². The van der Waals surface area contributed by atoms with Gasteiger partial charge in [-0.2, -0.15) is 4.98 Å². The van der Waals surface area contributed by atoms with Gasteiger partial charge in [-0.15, -0.1) is 11.3 Å². The molecule has 174 valence electrons. The molecule has 3 aromatic rings. The highest BCUT2D eigenvalue weighted by Gasteiger charge is 2.40. The van der Waals surface area contributed by atoms with Crippen LogP contribution < -0.4 is 10.1 Å². The Balaban J connectivity index is 1.53. The average molecular weight is 470 g/mol. The van der Waals surface area contributed by atoms with Gasteiger partial charge in [-0.25, -0.2) is 9.97 Å². The monoisotopic (exact) mass is 469 g/mol. The highest BCUT2D eigenvalue weighted by atomic mass is 32.1. The number of hydrogen-bond acceptors (Lipinski definition) is 9. The van der Waals surface area contributed by atoms with Gasteiger partial charge in [0, 0.05) is 29.8 Å². The van der Waals surface area contributed by atoms with E-state index in [0.717, 1.165) is 22.0 Å². The van der Waals surface area contributed by atoms with Crippen LogP contribution in [-0.4, -0.2) is 43.2 Å². The predicted octanol–water partition coefficient (Wildman–Crippen LogP) is 4.15. The maximum atomic E-state index is 11.3. The molecule has 9 nitrogen and oxygen atoms in total. The van der Waals surface area contributed by atoms with Gasteiger partial charge in [-0.1, -0.05) is 0 Å². The lowest BCUT2D eigenvalue weighted by atomic mass is 9.74. The molecule has 1 aliphatic rings. The molecule has 3 heterocycles. The van der Waals surface area contributed by atoms with E-state index in [2.05, 4.69) is 25.3 Å². The Morgan fingerprint density at radius 1 is 1.21 bits per heavy atom. The fraction of sp³-hybridized carbons (Fsp3) is 0.435. The molecule has 0 aliphatic heterocycles. The molecule has 0 bridgehead atoms. The van der Waals surface area contributed by atoms with E-state index < -0.39 is 11.6 Å². The second kappa shape index (κ2) is 9.40. The first-order valence-corrected chi connectivity index (χ1v) is 11.6. The highest BCUT2D eigenvalue weighted by molar-refractivity contribution is 7.15. The molecule has 33 heavy (non-hydrogen) atoms. The van der Waals surface area contributed by atoms with Gasteiger partial charge < -0.3 is 20.3 Å². The number of aliphatic hydroxyl groups is 1. The maximum absolute atomic E-state index is 11.3. The van der Waals surface area contributed by atoms with Gasteiger partial charge >= 0.3 is 5.97 Å². The molecule has 1 fully saturated rings. The molecule has 1 saturated carbocycles. The standard InChI is InChI=1S/C23H27N5O4S/c1-13-10-16(27-22-24-9-8-19(28-22)32-3)11-17(26-13)18-12-25-21(33-18)23(2,31)15-6-4-14(5-7-15)20(29)30/h8-12,14-15,31H,4-7H2,1-3H3,(H,29,30)(H,24,26,27,28)/t14?,15?,23-/m0/s1. The number of pyridine rings is 1. The van der Waals surface area contributed by atoms with Crippen molar-refractivity contribution in [1.29, 1.82) is 0 Å². The lowest BCUT2D eigenvalue weighted by molar-refractivity contribution is -0.144. The summed E-state index contributed by atoms with van der Waals surface area (Å²) < 4.78 is 5.15. The van der Waals surface area contributed by atoms with Gasteiger partial charge in [0.05, 0.1) is 23.6 Å². The number of ether oxygens (including phenoxy) is 1. The van der Waals surface area contributed by atoms with Gasteiger partial charge in [0.1, 0.15) is 10.6 Å². The number of rotatable bonds is 7. The molecule has 0 aromatic carbocycles. The number of aromatic nitrogens is 4. The van der Waals surface area contributed by atoms with E-state index in [1.807, 2.05) is 19.1 Å². The molecular formula is C23H27N5O4S. The zero-order valence-corrected chi connectivity index (χ0v) is 19.6. The predicted molar refractivity (Wildman–Crippen MR) is 125 cm³/mol. The Hall–Kier alpha value is -3.11. The minimum Gasteiger partial charge on any atom is -0.481 e. The lowest BCUT2D eigenvalue weighted by Gasteiger charge is -2.35. The summed E-state index contributed by atoms with van der Waals surface area (Å²) >= 11 is 1.40. The normalized spacial score (nSPS) is 20.1. The summed E-state index contributed by atoms with van der Waals surface area (Å²) in [6, 6.07) is 5.46. The van der Waals surface area contributed by atoms with Crippen molar-refractivity contribution in [2.24, 2.45) is 11.8 Å². The third kappa shape index (κ3) is 5.12. The summed E-state index contributed by atoms with van der Waals surface area (Å²) in [6.07, 6.45) is 5.83. The highest BCUT2D eigenvalue weighted by Crippen LogP contribution is 2.43. The second-order valence-electron chi connectivity index (χ2n) is 8.49. The number of aryl methyl sites for hydroxylation is 1. The van der Waals surface area contributed by atoms with Crippen LogP contribution in [0, 0.1) is 18.8 Å². The first kappa shape index (κ1) is 23.1. The van der Waals surface area contributed by atoms with Crippen molar-refractivity contribution in [2.45, 2.75) is 45.1 Å². The number of nitrogens with zero attached hydrogens (tertiary/aromatic N) is 4. The van der Waals surface area contributed by atoms with E-state index in [9.17, 15) is 15.0 Å².